The van der Waals surface area contributed by atoms with E-state index in [4.69, 9.17) is 10.5 Å². The predicted molar refractivity (Wildman–Crippen MR) is 74.9 cm³/mol. The molecular formula is C14H25N3O2. The fourth-order valence-corrected chi connectivity index (χ4v) is 2.24. The highest BCUT2D eigenvalue weighted by Gasteiger charge is 2.32. The summed E-state index contributed by atoms with van der Waals surface area (Å²) in [4.78, 5) is 16.2. The molecule has 0 saturated carbocycles. The summed E-state index contributed by atoms with van der Waals surface area (Å²) in [5.74, 6) is 0.990. The van der Waals surface area contributed by atoms with Crippen molar-refractivity contribution in [3.8, 4) is 0 Å². The van der Waals surface area contributed by atoms with Gasteiger partial charge in [0.25, 0.3) is 0 Å². The second-order valence-corrected chi connectivity index (χ2v) is 5.54. The molecule has 0 spiro atoms. The number of hydrogen-bond acceptors (Lipinski definition) is 4. The number of esters is 1. The first-order valence-corrected chi connectivity index (χ1v) is 6.78. The van der Waals surface area contributed by atoms with Gasteiger partial charge in [-0.3, -0.25) is 4.79 Å². The maximum absolute atomic E-state index is 11.8. The molecule has 0 bridgehead atoms. The smallest absolute Gasteiger partial charge is 0.325 e. The largest absolute Gasteiger partial charge is 0.465 e. The number of ether oxygens (including phenoxy) is 1. The Morgan fingerprint density at radius 3 is 2.68 bits per heavy atom. The van der Waals surface area contributed by atoms with Crippen molar-refractivity contribution in [3.63, 3.8) is 0 Å². The van der Waals surface area contributed by atoms with Crippen LogP contribution in [-0.2, 0) is 9.53 Å². The molecule has 1 aromatic heterocycles. The van der Waals surface area contributed by atoms with E-state index < -0.39 is 5.54 Å². The van der Waals surface area contributed by atoms with Crippen molar-refractivity contribution >= 4 is 5.97 Å². The summed E-state index contributed by atoms with van der Waals surface area (Å²) in [6, 6.07) is 0.0966. The maximum Gasteiger partial charge on any atom is 0.325 e. The molecule has 0 amide bonds. The standard InChI is InChI=1S/C14H25N3O2/c1-6-19-13(18)14(5,15)9-11(4)17-8-7-16-12(17)10(2)3/h7-8,10-11H,6,9,15H2,1-5H3. The van der Waals surface area contributed by atoms with Crippen molar-refractivity contribution in [3.05, 3.63) is 18.2 Å². The molecule has 2 atom stereocenters. The van der Waals surface area contributed by atoms with Crippen LogP contribution in [0.2, 0.25) is 0 Å². The van der Waals surface area contributed by atoms with Gasteiger partial charge in [0.15, 0.2) is 0 Å². The molecule has 0 aliphatic rings. The number of hydrogen-bond donors (Lipinski definition) is 1. The van der Waals surface area contributed by atoms with Gasteiger partial charge in [0.1, 0.15) is 11.4 Å². The van der Waals surface area contributed by atoms with E-state index in [0.717, 1.165) is 5.82 Å². The van der Waals surface area contributed by atoms with E-state index in [-0.39, 0.29) is 12.0 Å². The molecule has 1 aromatic rings. The van der Waals surface area contributed by atoms with Crippen molar-refractivity contribution < 1.29 is 9.53 Å². The Hall–Kier alpha value is -1.36. The van der Waals surface area contributed by atoms with Gasteiger partial charge >= 0.3 is 5.97 Å². The van der Waals surface area contributed by atoms with Crippen LogP contribution in [0.3, 0.4) is 0 Å². The highest BCUT2D eigenvalue weighted by Crippen LogP contribution is 2.24. The van der Waals surface area contributed by atoms with Gasteiger partial charge in [0, 0.05) is 24.4 Å². The van der Waals surface area contributed by atoms with Gasteiger partial charge in [0.2, 0.25) is 0 Å². The summed E-state index contributed by atoms with van der Waals surface area (Å²) in [5.41, 5.74) is 5.09. The molecule has 5 heteroatoms. The van der Waals surface area contributed by atoms with Crippen LogP contribution in [-0.4, -0.2) is 27.7 Å². The Balaban J connectivity index is 2.81. The van der Waals surface area contributed by atoms with Crippen molar-refractivity contribution in [1.82, 2.24) is 9.55 Å². The lowest BCUT2D eigenvalue weighted by Gasteiger charge is -2.27. The molecular weight excluding hydrogens is 242 g/mol. The quantitative estimate of drug-likeness (QED) is 0.802. The summed E-state index contributed by atoms with van der Waals surface area (Å²) < 4.78 is 7.09. The minimum absolute atomic E-state index is 0.0966. The van der Waals surface area contributed by atoms with E-state index in [1.807, 2.05) is 13.1 Å². The van der Waals surface area contributed by atoms with Crippen molar-refractivity contribution in [2.45, 2.75) is 58.5 Å². The number of nitrogens with two attached hydrogens (primary N) is 1. The van der Waals surface area contributed by atoms with Crippen LogP contribution in [0.4, 0.5) is 0 Å². The number of carbonyl (C=O) groups excluding carboxylic acids is 1. The zero-order valence-corrected chi connectivity index (χ0v) is 12.5. The molecule has 0 fully saturated rings. The van der Waals surface area contributed by atoms with E-state index >= 15 is 0 Å². The van der Waals surface area contributed by atoms with Crippen LogP contribution in [0.5, 0.6) is 0 Å². The summed E-state index contributed by atoms with van der Waals surface area (Å²) in [7, 11) is 0. The van der Waals surface area contributed by atoms with Crippen LogP contribution in [0, 0.1) is 0 Å². The summed E-state index contributed by atoms with van der Waals surface area (Å²) in [5, 5.41) is 0. The monoisotopic (exact) mass is 267 g/mol. The first-order chi connectivity index (χ1) is 8.79. The van der Waals surface area contributed by atoms with Gasteiger partial charge in [0.05, 0.1) is 6.61 Å². The van der Waals surface area contributed by atoms with Gasteiger partial charge in [-0.05, 0) is 27.2 Å². The second kappa shape index (κ2) is 6.19. The van der Waals surface area contributed by atoms with Gasteiger partial charge in [-0.25, -0.2) is 4.98 Å². The fraction of sp³-hybridized carbons (Fsp3) is 0.714. The van der Waals surface area contributed by atoms with Gasteiger partial charge in [-0.2, -0.15) is 0 Å². The van der Waals surface area contributed by atoms with Gasteiger partial charge < -0.3 is 15.0 Å². The van der Waals surface area contributed by atoms with E-state index in [2.05, 4.69) is 23.4 Å². The molecule has 0 aliphatic heterocycles. The summed E-state index contributed by atoms with van der Waals surface area (Å²) in [6.45, 7) is 10.1. The first kappa shape index (κ1) is 15.7. The third-order valence-corrected chi connectivity index (χ3v) is 3.15. The summed E-state index contributed by atoms with van der Waals surface area (Å²) in [6.07, 6.45) is 4.23. The average molecular weight is 267 g/mol. The van der Waals surface area contributed by atoms with E-state index in [1.165, 1.54) is 0 Å². The number of imidazole rings is 1. The lowest BCUT2D eigenvalue weighted by Crippen LogP contribution is -2.47. The topological polar surface area (TPSA) is 70.1 Å². The van der Waals surface area contributed by atoms with Gasteiger partial charge in [-0.1, -0.05) is 13.8 Å². The molecule has 108 valence electrons. The highest BCUT2D eigenvalue weighted by molar-refractivity contribution is 5.80. The lowest BCUT2D eigenvalue weighted by molar-refractivity contribution is -0.149. The molecule has 5 nitrogen and oxygen atoms in total. The van der Waals surface area contributed by atoms with Crippen LogP contribution in [0.1, 0.15) is 58.8 Å². The maximum atomic E-state index is 11.8. The number of aromatic nitrogens is 2. The number of rotatable bonds is 6. The van der Waals surface area contributed by atoms with Crippen LogP contribution < -0.4 is 5.73 Å². The fourth-order valence-electron chi connectivity index (χ4n) is 2.24. The molecule has 2 unspecified atom stereocenters. The third kappa shape index (κ3) is 3.80. The van der Waals surface area contributed by atoms with E-state index in [0.29, 0.717) is 18.9 Å². The molecule has 2 N–H and O–H groups in total. The molecule has 1 heterocycles. The average Bonchev–Trinajstić information content (AvgIpc) is 2.77. The minimum atomic E-state index is -0.978. The van der Waals surface area contributed by atoms with Crippen molar-refractivity contribution in [2.24, 2.45) is 5.73 Å². The Labute approximate surface area is 115 Å². The Morgan fingerprint density at radius 1 is 1.53 bits per heavy atom. The van der Waals surface area contributed by atoms with E-state index in [1.54, 1.807) is 20.0 Å². The number of carbonyl (C=O) groups is 1. The molecule has 19 heavy (non-hydrogen) atoms. The minimum Gasteiger partial charge on any atom is -0.465 e. The zero-order chi connectivity index (χ0) is 14.6. The SMILES string of the molecule is CCOC(=O)C(C)(N)CC(C)n1ccnc1C(C)C. The Morgan fingerprint density at radius 2 is 2.16 bits per heavy atom. The molecule has 0 saturated heterocycles. The number of nitrogens with zero attached hydrogens (tertiary/aromatic N) is 2. The van der Waals surface area contributed by atoms with E-state index in [9.17, 15) is 4.79 Å². The van der Waals surface area contributed by atoms with Crippen molar-refractivity contribution in [1.29, 1.82) is 0 Å². The zero-order valence-electron chi connectivity index (χ0n) is 12.5. The normalized spacial score (nSPS) is 16.2. The van der Waals surface area contributed by atoms with Crippen LogP contribution >= 0.6 is 0 Å². The summed E-state index contributed by atoms with van der Waals surface area (Å²) >= 11 is 0. The van der Waals surface area contributed by atoms with Gasteiger partial charge in [-0.15, -0.1) is 0 Å². The third-order valence-electron chi connectivity index (χ3n) is 3.15. The van der Waals surface area contributed by atoms with Crippen molar-refractivity contribution in [2.75, 3.05) is 6.61 Å². The van der Waals surface area contributed by atoms with Crippen LogP contribution in [0.15, 0.2) is 12.4 Å². The first-order valence-electron chi connectivity index (χ1n) is 6.78. The Kier molecular flexibility index (Phi) is 5.11. The molecule has 0 aromatic carbocycles. The highest BCUT2D eigenvalue weighted by atomic mass is 16.5. The molecule has 1 rings (SSSR count). The second-order valence-electron chi connectivity index (χ2n) is 5.54. The molecule has 0 radical (unpaired) electrons. The Bertz CT molecular complexity index is 424. The predicted octanol–water partition coefficient (Wildman–Crippen LogP) is 2.24. The molecule has 0 aliphatic carbocycles. The lowest BCUT2D eigenvalue weighted by atomic mass is 9.94. The van der Waals surface area contributed by atoms with Crippen LogP contribution in [0.25, 0.3) is 0 Å².